The van der Waals surface area contributed by atoms with Gasteiger partial charge in [-0.1, -0.05) is 41.7 Å². The number of hydrogen-bond acceptors (Lipinski definition) is 2. The van der Waals surface area contributed by atoms with Crippen LogP contribution in [0.5, 0.6) is 0 Å². The van der Waals surface area contributed by atoms with E-state index >= 15 is 0 Å². The second-order valence-corrected chi connectivity index (χ2v) is 4.69. The fourth-order valence-corrected chi connectivity index (χ4v) is 2.18. The summed E-state index contributed by atoms with van der Waals surface area (Å²) in [5.74, 6) is 0. The van der Waals surface area contributed by atoms with Gasteiger partial charge in [0.1, 0.15) is 5.15 Å². The van der Waals surface area contributed by atoms with E-state index in [-0.39, 0.29) is 0 Å². The molecule has 0 spiro atoms. The van der Waals surface area contributed by atoms with Gasteiger partial charge in [-0.25, -0.2) is 4.98 Å². The van der Waals surface area contributed by atoms with Crippen molar-refractivity contribution in [1.82, 2.24) is 9.97 Å². The monoisotopic (exact) mass is 286 g/mol. The largest absolute Gasteiger partial charge is 0.259 e. The zero-order valence-electron chi connectivity index (χ0n) is 9.04. The van der Waals surface area contributed by atoms with Crippen molar-refractivity contribution < 1.29 is 0 Å². The number of halogens is 3. The molecule has 0 aliphatic heterocycles. The van der Waals surface area contributed by atoms with E-state index in [0.717, 1.165) is 23.2 Å². The smallest absolute Gasteiger partial charge is 0.129 e. The van der Waals surface area contributed by atoms with Crippen molar-refractivity contribution in [2.75, 3.05) is 0 Å². The summed E-state index contributed by atoms with van der Waals surface area (Å²) < 4.78 is 0. The van der Waals surface area contributed by atoms with Crippen LogP contribution in [0.2, 0.25) is 15.2 Å². The Morgan fingerprint density at radius 2 is 1.76 bits per heavy atom. The molecule has 0 bridgehead atoms. The summed E-state index contributed by atoms with van der Waals surface area (Å²) in [5.41, 5.74) is 2.48. The molecule has 0 radical (unpaired) electrons. The zero-order valence-corrected chi connectivity index (χ0v) is 11.3. The van der Waals surface area contributed by atoms with E-state index in [0.29, 0.717) is 15.2 Å². The highest BCUT2D eigenvalue weighted by atomic mass is 35.5. The first-order valence-electron chi connectivity index (χ1n) is 5.07. The van der Waals surface area contributed by atoms with Crippen molar-refractivity contribution in [3.63, 3.8) is 0 Å². The molecule has 2 aromatic rings. The number of hydrogen-bond donors (Lipinski definition) is 0. The molecule has 88 valence electrons. The lowest BCUT2D eigenvalue weighted by Crippen LogP contribution is -1.90. The standard InChI is InChI=1S/C12H9Cl3N2/c1-2-11-9(13)3-7(5-16-11)8-4-12(15)17-6-10(8)14/h3-6H,2H2,1H3. The molecule has 17 heavy (non-hydrogen) atoms. The van der Waals surface area contributed by atoms with Crippen LogP contribution in [-0.4, -0.2) is 9.97 Å². The number of pyridine rings is 2. The van der Waals surface area contributed by atoms with E-state index in [1.54, 1.807) is 12.3 Å². The summed E-state index contributed by atoms with van der Waals surface area (Å²) in [6.07, 6.45) is 4.05. The minimum Gasteiger partial charge on any atom is -0.259 e. The molecule has 0 saturated heterocycles. The molecule has 0 unspecified atom stereocenters. The van der Waals surface area contributed by atoms with Crippen molar-refractivity contribution in [2.45, 2.75) is 13.3 Å². The fourth-order valence-electron chi connectivity index (χ4n) is 1.51. The molecule has 0 atom stereocenters. The fraction of sp³-hybridized carbons (Fsp3) is 0.167. The minimum atomic E-state index is 0.389. The summed E-state index contributed by atoms with van der Waals surface area (Å²) >= 11 is 18.0. The number of rotatable bonds is 2. The van der Waals surface area contributed by atoms with Crippen molar-refractivity contribution in [2.24, 2.45) is 0 Å². The third-order valence-electron chi connectivity index (χ3n) is 2.39. The Balaban J connectivity index is 2.53. The van der Waals surface area contributed by atoms with Crippen LogP contribution < -0.4 is 0 Å². The Kier molecular flexibility index (Phi) is 3.87. The average Bonchev–Trinajstić information content (AvgIpc) is 2.32. The van der Waals surface area contributed by atoms with Gasteiger partial charge >= 0.3 is 0 Å². The topological polar surface area (TPSA) is 25.8 Å². The zero-order chi connectivity index (χ0) is 12.4. The Morgan fingerprint density at radius 1 is 1.00 bits per heavy atom. The SMILES string of the molecule is CCc1ncc(-c2cc(Cl)ncc2Cl)cc1Cl. The molecule has 5 heteroatoms. The molecule has 2 aromatic heterocycles. The van der Waals surface area contributed by atoms with E-state index in [1.165, 1.54) is 6.20 Å². The van der Waals surface area contributed by atoms with Crippen LogP contribution in [-0.2, 0) is 6.42 Å². The van der Waals surface area contributed by atoms with Crippen LogP contribution in [0.3, 0.4) is 0 Å². The van der Waals surface area contributed by atoms with Crippen molar-refractivity contribution >= 4 is 34.8 Å². The van der Waals surface area contributed by atoms with Gasteiger partial charge in [0.15, 0.2) is 0 Å². The lowest BCUT2D eigenvalue weighted by atomic mass is 10.1. The summed E-state index contributed by atoms with van der Waals surface area (Å²) in [4.78, 5) is 8.19. The first kappa shape index (κ1) is 12.6. The molecule has 0 saturated carbocycles. The Morgan fingerprint density at radius 3 is 2.41 bits per heavy atom. The number of aromatic nitrogens is 2. The first-order valence-corrected chi connectivity index (χ1v) is 6.21. The second kappa shape index (κ2) is 5.21. The third-order valence-corrected chi connectivity index (χ3v) is 3.22. The third kappa shape index (κ3) is 2.71. The van der Waals surface area contributed by atoms with Gasteiger partial charge in [0.25, 0.3) is 0 Å². The van der Waals surface area contributed by atoms with E-state index in [2.05, 4.69) is 9.97 Å². The molecule has 2 nitrogen and oxygen atoms in total. The van der Waals surface area contributed by atoms with E-state index in [4.69, 9.17) is 34.8 Å². The van der Waals surface area contributed by atoms with Gasteiger partial charge < -0.3 is 0 Å². The summed E-state index contributed by atoms with van der Waals surface area (Å²) in [6.45, 7) is 2.00. The summed E-state index contributed by atoms with van der Waals surface area (Å²) in [7, 11) is 0. The highest BCUT2D eigenvalue weighted by Gasteiger charge is 2.08. The van der Waals surface area contributed by atoms with Crippen LogP contribution in [0.15, 0.2) is 24.5 Å². The van der Waals surface area contributed by atoms with Crippen LogP contribution in [0.1, 0.15) is 12.6 Å². The lowest BCUT2D eigenvalue weighted by molar-refractivity contribution is 1.04. The van der Waals surface area contributed by atoms with Gasteiger partial charge in [-0.3, -0.25) is 4.98 Å². The molecule has 0 aromatic carbocycles. The maximum Gasteiger partial charge on any atom is 0.129 e. The normalized spacial score (nSPS) is 10.6. The predicted molar refractivity (Wildman–Crippen MR) is 71.9 cm³/mol. The lowest BCUT2D eigenvalue weighted by Gasteiger charge is -2.06. The molecule has 0 fully saturated rings. The van der Waals surface area contributed by atoms with Gasteiger partial charge in [-0.05, 0) is 18.6 Å². The molecule has 0 amide bonds. The van der Waals surface area contributed by atoms with E-state index < -0.39 is 0 Å². The maximum absolute atomic E-state index is 6.12. The van der Waals surface area contributed by atoms with Crippen LogP contribution >= 0.6 is 34.8 Å². The van der Waals surface area contributed by atoms with Gasteiger partial charge in [-0.2, -0.15) is 0 Å². The highest BCUT2D eigenvalue weighted by molar-refractivity contribution is 6.35. The quantitative estimate of drug-likeness (QED) is 0.750. The van der Waals surface area contributed by atoms with Crippen molar-refractivity contribution in [3.05, 3.63) is 45.4 Å². The number of aryl methyl sites for hydroxylation is 1. The first-order chi connectivity index (χ1) is 8.11. The van der Waals surface area contributed by atoms with Crippen LogP contribution in [0, 0.1) is 0 Å². The van der Waals surface area contributed by atoms with Crippen LogP contribution in [0.4, 0.5) is 0 Å². The average molecular weight is 288 g/mol. The molecule has 0 aliphatic carbocycles. The molecule has 0 aliphatic rings. The van der Waals surface area contributed by atoms with Crippen LogP contribution in [0.25, 0.3) is 11.1 Å². The van der Waals surface area contributed by atoms with Crippen molar-refractivity contribution in [3.8, 4) is 11.1 Å². The summed E-state index contributed by atoms with van der Waals surface area (Å²) in [5, 5.41) is 1.55. The Bertz CT molecular complexity index is 555. The maximum atomic E-state index is 6.12. The van der Waals surface area contributed by atoms with E-state index in [1.807, 2.05) is 13.0 Å². The molecular formula is C12H9Cl3N2. The van der Waals surface area contributed by atoms with Gasteiger partial charge in [0.05, 0.1) is 15.7 Å². The molecular weight excluding hydrogens is 279 g/mol. The molecule has 2 heterocycles. The van der Waals surface area contributed by atoms with Gasteiger partial charge in [0, 0.05) is 23.5 Å². The number of nitrogens with zero attached hydrogens (tertiary/aromatic N) is 2. The predicted octanol–water partition coefficient (Wildman–Crippen LogP) is 4.67. The molecule has 0 N–H and O–H groups in total. The Labute approximate surface area is 115 Å². The second-order valence-electron chi connectivity index (χ2n) is 3.49. The van der Waals surface area contributed by atoms with Crippen molar-refractivity contribution in [1.29, 1.82) is 0 Å². The molecule has 2 rings (SSSR count). The minimum absolute atomic E-state index is 0.389. The van der Waals surface area contributed by atoms with Gasteiger partial charge in [-0.15, -0.1) is 0 Å². The summed E-state index contributed by atoms with van der Waals surface area (Å²) in [6, 6.07) is 3.54. The van der Waals surface area contributed by atoms with E-state index in [9.17, 15) is 0 Å². The van der Waals surface area contributed by atoms with Gasteiger partial charge in [0.2, 0.25) is 0 Å². The Hall–Kier alpha value is -0.830. The highest BCUT2D eigenvalue weighted by Crippen LogP contribution is 2.31.